The Morgan fingerprint density at radius 2 is 1.86 bits per heavy atom. The van der Waals surface area contributed by atoms with Crippen molar-refractivity contribution < 1.29 is 4.79 Å². The van der Waals surface area contributed by atoms with E-state index in [9.17, 15) is 4.79 Å². The number of carbonyl (C=O) groups is 1. The number of rotatable bonds is 3. The van der Waals surface area contributed by atoms with Gasteiger partial charge in [-0.3, -0.25) is 0 Å². The van der Waals surface area contributed by atoms with Crippen LogP contribution in [0.15, 0.2) is 46.9 Å². The highest BCUT2D eigenvalue weighted by Crippen LogP contribution is 2.20. The molecule has 0 bridgehead atoms. The van der Waals surface area contributed by atoms with Crippen molar-refractivity contribution in [2.75, 3.05) is 5.32 Å². The molecule has 0 heterocycles. The molecule has 0 radical (unpaired) electrons. The molecule has 2 rings (SSSR count). The lowest BCUT2D eigenvalue weighted by atomic mass is 10.1. The standard InChI is InChI=1S/C16H16BrClN2O/c1-10-3-8-14(9-15(10)18)20-16(21)19-11(2)12-4-6-13(17)7-5-12/h3-9,11H,1-2H3,(H2,19,20,21). The highest BCUT2D eigenvalue weighted by molar-refractivity contribution is 9.10. The zero-order valence-corrected chi connectivity index (χ0v) is 14.1. The molecule has 21 heavy (non-hydrogen) atoms. The van der Waals surface area contributed by atoms with Crippen LogP contribution in [0.5, 0.6) is 0 Å². The maximum absolute atomic E-state index is 12.0. The lowest BCUT2D eigenvalue weighted by molar-refractivity contribution is 0.249. The third-order valence-electron chi connectivity index (χ3n) is 3.15. The van der Waals surface area contributed by atoms with Gasteiger partial charge >= 0.3 is 6.03 Å². The smallest absolute Gasteiger partial charge is 0.319 e. The predicted molar refractivity (Wildman–Crippen MR) is 90.9 cm³/mol. The van der Waals surface area contributed by atoms with E-state index in [2.05, 4.69) is 26.6 Å². The third kappa shape index (κ3) is 4.48. The van der Waals surface area contributed by atoms with Crippen LogP contribution in [0, 0.1) is 6.92 Å². The molecular formula is C16H16BrClN2O. The van der Waals surface area contributed by atoms with Crippen LogP contribution in [0.4, 0.5) is 10.5 Å². The SMILES string of the molecule is Cc1ccc(NC(=O)NC(C)c2ccc(Br)cc2)cc1Cl. The van der Waals surface area contributed by atoms with Gasteiger partial charge in [-0.15, -0.1) is 0 Å². The van der Waals surface area contributed by atoms with Crippen molar-refractivity contribution in [1.29, 1.82) is 0 Å². The number of aryl methyl sites for hydroxylation is 1. The van der Waals surface area contributed by atoms with Gasteiger partial charge in [0.2, 0.25) is 0 Å². The first-order valence-corrected chi connectivity index (χ1v) is 7.72. The van der Waals surface area contributed by atoms with Gasteiger partial charge in [-0.1, -0.05) is 45.7 Å². The summed E-state index contributed by atoms with van der Waals surface area (Å²) in [7, 11) is 0. The number of hydrogen-bond acceptors (Lipinski definition) is 1. The van der Waals surface area contributed by atoms with Gasteiger partial charge in [-0.25, -0.2) is 4.79 Å². The molecule has 110 valence electrons. The number of hydrogen-bond donors (Lipinski definition) is 2. The number of benzene rings is 2. The Balaban J connectivity index is 1.97. The Morgan fingerprint density at radius 3 is 2.48 bits per heavy atom. The van der Waals surface area contributed by atoms with Crippen molar-refractivity contribution in [3.63, 3.8) is 0 Å². The summed E-state index contributed by atoms with van der Waals surface area (Å²) in [6.45, 7) is 3.85. The van der Waals surface area contributed by atoms with Gasteiger partial charge in [-0.05, 0) is 49.2 Å². The molecule has 0 aliphatic rings. The number of nitrogens with one attached hydrogen (secondary N) is 2. The topological polar surface area (TPSA) is 41.1 Å². The second kappa shape index (κ2) is 6.96. The number of amides is 2. The fraction of sp³-hybridized carbons (Fsp3) is 0.188. The zero-order valence-electron chi connectivity index (χ0n) is 11.8. The van der Waals surface area contributed by atoms with Crippen molar-refractivity contribution in [1.82, 2.24) is 5.32 Å². The predicted octanol–water partition coefficient (Wildman–Crippen LogP) is 5.29. The van der Waals surface area contributed by atoms with Gasteiger partial charge in [0.1, 0.15) is 0 Å². The van der Waals surface area contributed by atoms with E-state index in [0.29, 0.717) is 10.7 Å². The minimum atomic E-state index is -0.259. The Labute approximate surface area is 137 Å². The summed E-state index contributed by atoms with van der Waals surface area (Å²) in [6.07, 6.45) is 0. The lowest BCUT2D eigenvalue weighted by Crippen LogP contribution is -2.31. The highest BCUT2D eigenvalue weighted by atomic mass is 79.9. The Hall–Kier alpha value is -1.52. The van der Waals surface area contributed by atoms with E-state index in [4.69, 9.17) is 11.6 Å². The second-order valence-electron chi connectivity index (χ2n) is 4.84. The molecule has 0 spiro atoms. The monoisotopic (exact) mass is 366 g/mol. The summed E-state index contributed by atoms with van der Waals surface area (Å²) >= 11 is 9.43. The Morgan fingerprint density at radius 1 is 1.19 bits per heavy atom. The largest absolute Gasteiger partial charge is 0.331 e. The molecule has 1 unspecified atom stereocenters. The van der Waals surface area contributed by atoms with Crippen molar-refractivity contribution in [3.8, 4) is 0 Å². The molecular weight excluding hydrogens is 352 g/mol. The number of carbonyl (C=O) groups excluding carboxylic acids is 1. The van der Waals surface area contributed by atoms with Crippen molar-refractivity contribution in [3.05, 3.63) is 63.1 Å². The fourth-order valence-corrected chi connectivity index (χ4v) is 2.31. The average molecular weight is 368 g/mol. The van der Waals surface area contributed by atoms with Gasteiger partial charge < -0.3 is 10.6 Å². The summed E-state index contributed by atoms with van der Waals surface area (Å²) in [5, 5.41) is 6.30. The highest BCUT2D eigenvalue weighted by Gasteiger charge is 2.10. The second-order valence-corrected chi connectivity index (χ2v) is 6.16. The minimum absolute atomic E-state index is 0.0842. The van der Waals surface area contributed by atoms with Crippen molar-refractivity contribution >= 4 is 39.2 Å². The van der Waals surface area contributed by atoms with Crippen LogP contribution in [0.3, 0.4) is 0 Å². The number of halogens is 2. The van der Waals surface area contributed by atoms with Crippen molar-refractivity contribution in [2.24, 2.45) is 0 Å². The van der Waals surface area contributed by atoms with Crippen LogP contribution >= 0.6 is 27.5 Å². The molecule has 2 amide bonds. The summed E-state index contributed by atoms with van der Waals surface area (Å²) < 4.78 is 1.01. The lowest BCUT2D eigenvalue weighted by Gasteiger charge is -2.15. The quantitative estimate of drug-likeness (QED) is 0.760. The van der Waals surface area contributed by atoms with E-state index in [-0.39, 0.29) is 12.1 Å². The van der Waals surface area contributed by atoms with Crippen LogP contribution < -0.4 is 10.6 Å². The van der Waals surface area contributed by atoms with Crippen LogP contribution in [-0.2, 0) is 0 Å². The summed E-state index contributed by atoms with van der Waals surface area (Å²) in [6, 6.07) is 12.9. The molecule has 2 aromatic carbocycles. The zero-order chi connectivity index (χ0) is 15.4. The van der Waals surface area contributed by atoms with Crippen LogP contribution in [-0.4, -0.2) is 6.03 Å². The van der Waals surface area contributed by atoms with Crippen LogP contribution in [0.1, 0.15) is 24.1 Å². The van der Waals surface area contributed by atoms with E-state index in [0.717, 1.165) is 15.6 Å². The van der Waals surface area contributed by atoms with E-state index in [1.807, 2.05) is 50.2 Å². The van der Waals surface area contributed by atoms with Gasteiger partial charge in [0.15, 0.2) is 0 Å². The molecule has 0 aliphatic carbocycles. The average Bonchev–Trinajstić information content (AvgIpc) is 2.43. The Bertz CT molecular complexity index is 643. The summed E-state index contributed by atoms with van der Waals surface area (Å²) in [4.78, 5) is 12.0. The molecule has 1 atom stereocenters. The molecule has 5 heteroatoms. The van der Waals surface area contributed by atoms with Crippen molar-refractivity contribution in [2.45, 2.75) is 19.9 Å². The maximum Gasteiger partial charge on any atom is 0.319 e. The van der Waals surface area contributed by atoms with E-state index < -0.39 is 0 Å². The van der Waals surface area contributed by atoms with Gasteiger partial charge in [0.25, 0.3) is 0 Å². The van der Waals surface area contributed by atoms with Crippen LogP contribution in [0.25, 0.3) is 0 Å². The first-order valence-electron chi connectivity index (χ1n) is 6.55. The maximum atomic E-state index is 12.0. The molecule has 0 fully saturated rings. The third-order valence-corrected chi connectivity index (χ3v) is 4.08. The first-order chi connectivity index (χ1) is 9.95. The molecule has 2 aromatic rings. The van der Waals surface area contributed by atoms with Gasteiger partial charge in [0.05, 0.1) is 6.04 Å². The minimum Gasteiger partial charge on any atom is -0.331 e. The fourth-order valence-electron chi connectivity index (χ4n) is 1.87. The number of anilines is 1. The van der Waals surface area contributed by atoms with E-state index >= 15 is 0 Å². The van der Waals surface area contributed by atoms with Gasteiger partial charge in [-0.2, -0.15) is 0 Å². The normalized spacial score (nSPS) is 11.8. The number of urea groups is 1. The molecule has 0 saturated heterocycles. The van der Waals surface area contributed by atoms with Crippen LogP contribution in [0.2, 0.25) is 5.02 Å². The summed E-state index contributed by atoms with van der Waals surface area (Å²) in [5.41, 5.74) is 2.69. The van der Waals surface area contributed by atoms with Gasteiger partial charge in [0, 0.05) is 15.2 Å². The van der Waals surface area contributed by atoms with E-state index in [1.165, 1.54) is 0 Å². The molecule has 0 saturated carbocycles. The molecule has 3 nitrogen and oxygen atoms in total. The summed E-state index contributed by atoms with van der Waals surface area (Å²) in [5.74, 6) is 0. The molecule has 0 aliphatic heterocycles. The first kappa shape index (κ1) is 15.9. The molecule has 0 aromatic heterocycles. The van der Waals surface area contributed by atoms with E-state index in [1.54, 1.807) is 6.07 Å². The Kier molecular flexibility index (Phi) is 5.26. The molecule has 2 N–H and O–H groups in total.